The highest BCUT2D eigenvalue weighted by Gasteiger charge is 2.33. The zero-order chi connectivity index (χ0) is 14.9. The van der Waals surface area contributed by atoms with Crippen LogP contribution in [0.25, 0.3) is 0 Å². The molecule has 1 aliphatic rings. The van der Waals surface area contributed by atoms with Crippen molar-refractivity contribution < 1.29 is 18.0 Å². The van der Waals surface area contributed by atoms with Gasteiger partial charge in [0.1, 0.15) is 0 Å². The van der Waals surface area contributed by atoms with Crippen LogP contribution in [0.1, 0.15) is 23.5 Å². The van der Waals surface area contributed by atoms with Gasteiger partial charge in [0.2, 0.25) is 5.91 Å². The molecule has 1 amide bonds. The first kappa shape index (κ1) is 14.8. The summed E-state index contributed by atoms with van der Waals surface area (Å²) in [5.74, 6) is 0.0746. The number of benzene rings is 1. The third kappa shape index (κ3) is 3.12. The van der Waals surface area contributed by atoms with Gasteiger partial charge in [0.15, 0.2) is 0 Å². The van der Waals surface area contributed by atoms with Crippen molar-refractivity contribution in [3.05, 3.63) is 35.4 Å². The Morgan fingerprint density at radius 1 is 1.25 bits per heavy atom. The van der Waals surface area contributed by atoms with Crippen LogP contribution in [0.4, 0.5) is 13.2 Å². The Balaban J connectivity index is 2.05. The first-order chi connectivity index (χ1) is 9.29. The van der Waals surface area contributed by atoms with Gasteiger partial charge in [-0.25, -0.2) is 0 Å². The molecule has 2 unspecified atom stereocenters. The van der Waals surface area contributed by atoms with E-state index in [1.54, 1.807) is 14.1 Å². The molecular weight excluding hydrogens is 269 g/mol. The predicted molar refractivity (Wildman–Crippen MR) is 69.3 cm³/mol. The Morgan fingerprint density at radius 2 is 1.85 bits per heavy atom. The normalized spacial score (nSPS) is 22.9. The number of hydrogen-bond acceptors (Lipinski definition) is 2. The summed E-state index contributed by atoms with van der Waals surface area (Å²) in [6, 6.07) is 4.93. The van der Waals surface area contributed by atoms with E-state index in [0.717, 1.165) is 17.7 Å². The first-order valence-electron chi connectivity index (χ1n) is 6.40. The van der Waals surface area contributed by atoms with Gasteiger partial charge in [0.05, 0.1) is 11.6 Å². The summed E-state index contributed by atoms with van der Waals surface area (Å²) in [6.45, 7) is 0.607. The first-order valence-corrected chi connectivity index (χ1v) is 6.40. The summed E-state index contributed by atoms with van der Waals surface area (Å²) < 4.78 is 37.5. The van der Waals surface area contributed by atoms with Crippen LogP contribution in [0, 0.1) is 0 Å². The molecule has 1 aromatic rings. The molecule has 0 bridgehead atoms. The van der Waals surface area contributed by atoms with Gasteiger partial charge in [-0.2, -0.15) is 13.2 Å². The Labute approximate surface area is 115 Å². The SMILES string of the molecule is CN(C)C(=O)C1CC(c2ccc(C(F)(F)F)cc2)CN1. The Bertz CT molecular complexity index is 482. The molecule has 0 radical (unpaired) electrons. The lowest BCUT2D eigenvalue weighted by Crippen LogP contribution is -2.39. The third-order valence-electron chi connectivity index (χ3n) is 3.58. The van der Waals surface area contributed by atoms with Gasteiger partial charge in [-0.05, 0) is 30.0 Å². The predicted octanol–water partition coefficient (Wildman–Crippen LogP) is 2.24. The number of halogens is 3. The number of nitrogens with one attached hydrogen (secondary N) is 1. The molecule has 0 aromatic heterocycles. The molecule has 2 rings (SSSR count). The van der Waals surface area contributed by atoms with E-state index in [1.165, 1.54) is 17.0 Å². The topological polar surface area (TPSA) is 32.3 Å². The van der Waals surface area contributed by atoms with Crippen molar-refractivity contribution in [2.24, 2.45) is 0 Å². The molecule has 0 spiro atoms. The monoisotopic (exact) mass is 286 g/mol. The summed E-state index contributed by atoms with van der Waals surface area (Å²) >= 11 is 0. The van der Waals surface area contributed by atoms with Crippen molar-refractivity contribution in [3.8, 4) is 0 Å². The fraction of sp³-hybridized carbons (Fsp3) is 0.500. The lowest BCUT2D eigenvalue weighted by atomic mass is 9.95. The van der Waals surface area contributed by atoms with Crippen LogP contribution < -0.4 is 5.32 Å². The molecule has 1 fully saturated rings. The zero-order valence-electron chi connectivity index (χ0n) is 11.4. The van der Waals surface area contributed by atoms with Crippen molar-refractivity contribution in [3.63, 3.8) is 0 Å². The van der Waals surface area contributed by atoms with Gasteiger partial charge >= 0.3 is 6.18 Å². The number of hydrogen-bond donors (Lipinski definition) is 1. The fourth-order valence-corrected chi connectivity index (χ4v) is 2.43. The smallest absolute Gasteiger partial charge is 0.347 e. The molecule has 1 saturated heterocycles. The van der Waals surface area contributed by atoms with Gasteiger partial charge in [-0.3, -0.25) is 4.79 Å². The highest BCUT2D eigenvalue weighted by atomic mass is 19.4. The van der Waals surface area contributed by atoms with Crippen LogP contribution in [0.2, 0.25) is 0 Å². The van der Waals surface area contributed by atoms with Crippen molar-refractivity contribution >= 4 is 5.91 Å². The molecule has 1 N–H and O–H groups in total. The van der Waals surface area contributed by atoms with Crippen LogP contribution in [0.15, 0.2) is 24.3 Å². The zero-order valence-corrected chi connectivity index (χ0v) is 11.4. The molecule has 20 heavy (non-hydrogen) atoms. The second kappa shape index (κ2) is 5.44. The molecule has 3 nitrogen and oxygen atoms in total. The Kier molecular flexibility index (Phi) is 4.04. The van der Waals surface area contributed by atoms with E-state index in [1.807, 2.05) is 0 Å². The number of rotatable bonds is 2. The quantitative estimate of drug-likeness (QED) is 0.904. The molecule has 1 aliphatic heterocycles. The van der Waals surface area contributed by atoms with Crippen LogP contribution in [-0.4, -0.2) is 37.5 Å². The summed E-state index contributed by atoms with van der Waals surface area (Å²) in [5, 5.41) is 3.12. The van der Waals surface area contributed by atoms with Crippen LogP contribution in [-0.2, 0) is 11.0 Å². The number of carbonyl (C=O) groups excluding carboxylic acids is 1. The lowest BCUT2D eigenvalue weighted by Gasteiger charge is -2.16. The summed E-state index contributed by atoms with van der Waals surface area (Å²) in [6.07, 6.45) is -3.70. The summed E-state index contributed by atoms with van der Waals surface area (Å²) in [5.41, 5.74) is 0.188. The molecular formula is C14H17F3N2O. The van der Waals surface area contributed by atoms with Gasteiger partial charge < -0.3 is 10.2 Å². The highest BCUT2D eigenvalue weighted by Crippen LogP contribution is 2.32. The number of carbonyl (C=O) groups is 1. The molecule has 1 aromatic carbocycles. The average molecular weight is 286 g/mol. The van der Waals surface area contributed by atoms with Crippen LogP contribution in [0.5, 0.6) is 0 Å². The van der Waals surface area contributed by atoms with Crippen molar-refractivity contribution in [1.82, 2.24) is 10.2 Å². The molecule has 110 valence electrons. The van der Waals surface area contributed by atoms with E-state index < -0.39 is 11.7 Å². The van der Waals surface area contributed by atoms with Gasteiger partial charge in [0.25, 0.3) is 0 Å². The van der Waals surface area contributed by atoms with Gasteiger partial charge in [0, 0.05) is 20.6 Å². The van der Waals surface area contributed by atoms with Crippen molar-refractivity contribution in [2.45, 2.75) is 24.6 Å². The maximum absolute atomic E-state index is 12.5. The highest BCUT2D eigenvalue weighted by molar-refractivity contribution is 5.81. The van der Waals surface area contributed by atoms with E-state index >= 15 is 0 Å². The largest absolute Gasteiger partial charge is 0.416 e. The fourth-order valence-electron chi connectivity index (χ4n) is 2.43. The van der Waals surface area contributed by atoms with E-state index in [9.17, 15) is 18.0 Å². The van der Waals surface area contributed by atoms with E-state index in [0.29, 0.717) is 13.0 Å². The molecule has 2 atom stereocenters. The van der Waals surface area contributed by atoms with Crippen molar-refractivity contribution in [2.75, 3.05) is 20.6 Å². The summed E-state index contributed by atoms with van der Waals surface area (Å²) in [7, 11) is 3.38. The molecule has 1 heterocycles. The molecule has 6 heteroatoms. The minimum atomic E-state index is -4.31. The Morgan fingerprint density at radius 3 is 2.35 bits per heavy atom. The van der Waals surface area contributed by atoms with Crippen molar-refractivity contribution in [1.29, 1.82) is 0 Å². The van der Waals surface area contributed by atoms with E-state index in [2.05, 4.69) is 5.32 Å². The second-order valence-electron chi connectivity index (χ2n) is 5.25. The van der Waals surface area contributed by atoms with Crippen LogP contribution >= 0.6 is 0 Å². The average Bonchev–Trinajstić information content (AvgIpc) is 2.86. The number of likely N-dealkylation sites (N-methyl/N-ethyl adjacent to an activating group) is 1. The van der Waals surface area contributed by atoms with E-state index in [4.69, 9.17) is 0 Å². The van der Waals surface area contributed by atoms with E-state index in [-0.39, 0.29) is 17.9 Å². The third-order valence-corrected chi connectivity index (χ3v) is 3.58. The Hall–Kier alpha value is -1.56. The minimum Gasteiger partial charge on any atom is -0.347 e. The van der Waals surface area contributed by atoms with Crippen LogP contribution in [0.3, 0.4) is 0 Å². The molecule has 0 saturated carbocycles. The second-order valence-corrected chi connectivity index (χ2v) is 5.25. The number of alkyl halides is 3. The maximum Gasteiger partial charge on any atom is 0.416 e. The van der Waals surface area contributed by atoms with Gasteiger partial charge in [-0.1, -0.05) is 12.1 Å². The lowest BCUT2D eigenvalue weighted by molar-refractivity contribution is -0.137. The molecule has 0 aliphatic carbocycles. The minimum absolute atomic E-state index is 0.000545. The van der Waals surface area contributed by atoms with Gasteiger partial charge in [-0.15, -0.1) is 0 Å². The number of nitrogens with zero attached hydrogens (tertiary/aromatic N) is 1. The standard InChI is InChI=1S/C14H17F3N2O/c1-19(2)13(20)12-7-10(8-18-12)9-3-5-11(6-4-9)14(15,16)17/h3-6,10,12,18H,7-8H2,1-2H3. The number of amides is 1. The maximum atomic E-state index is 12.5. The summed E-state index contributed by atoms with van der Waals surface area (Å²) in [4.78, 5) is 13.3.